The fourth-order valence-electron chi connectivity index (χ4n) is 4.49. The summed E-state index contributed by atoms with van der Waals surface area (Å²) in [6.07, 6.45) is -1.11. The average Bonchev–Trinajstić information content (AvgIpc) is 3.50. The highest BCUT2D eigenvalue weighted by Gasteiger charge is 2.44. The number of nitrogens with zero attached hydrogens (tertiary/aromatic N) is 4. The fraction of sp³-hybridized carbons (Fsp3) is 0.692. The van der Waals surface area contributed by atoms with Gasteiger partial charge in [-0.15, -0.1) is 11.3 Å². The summed E-state index contributed by atoms with van der Waals surface area (Å²) in [4.78, 5) is 48.0. The number of halogens is 3. The molecule has 3 atom stereocenters. The number of nitrogens with one attached hydrogen (secondary N) is 2. The molecule has 2 N–H and O–H groups in total. The molecule has 13 heteroatoms. The molecule has 9 nitrogen and oxygen atoms in total. The van der Waals surface area contributed by atoms with Crippen molar-refractivity contribution in [1.29, 1.82) is 0 Å². The molecule has 3 rings (SSSR count). The maximum absolute atomic E-state index is 14.4. The van der Waals surface area contributed by atoms with E-state index in [1.54, 1.807) is 18.7 Å². The lowest BCUT2D eigenvalue weighted by Gasteiger charge is -2.30. The fourth-order valence-corrected chi connectivity index (χ4v) is 5.56. The molecule has 39 heavy (non-hydrogen) atoms. The smallest absolute Gasteiger partial charge is 0.366 e. The van der Waals surface area contributed by atoms with E-state index in [9.17, 15) is 27.7 Å². The number of amides is 2. The summed E-state index contributed by atoms with van der Waals surface area (Å²) in [5, 5.41) is 8.52. The summed E-state index contributed by atoms with van der Waals surface area (Å²) in [5.41, 5.74) is -2.44. The second kappa shape index (κ2) is 11.7. The Morgan fingerprint density at radius 1 is 1.21 bits per heavy atom. The summed E-state index contributed by atoms with van der Waals surface area (Å²) < 4.78 is 43.2. The number of alkyl halides is 3. The zero-order chi connectivity index (χ0) is 29.2. The summed E-state index contributed by atoms with van der Waals surface area (Å²) in [5.74, 6) is -2.36. The molecule has 2 unspecified atom stereocenters. The van der Waals surface area contributed by atoms with Crippen molar-refractivity contribution < 1.29 is 22.8 Å². The number of hydrogen-bond acceptors (Lipinski definition) is 8. The Balaban J connectivity index is 2.07. The standard InChI is InChI=1S/C26H37F3N6O3S/c1-7-24(4,5)33-18-12-17(26(27,28)29)16(13-30-18)20-19(23(37)35-11-9-10-15(35)3)32-22(39-20)21(36)34-25(6,8-2)14-31-38/h12,15-16H,7-11,13-14H2,1-6H3,(H,30,33)(H,34,36)/t15-,16?,25?/m0/s1. The predicted octanol–water partition coefficient (Wildman–Crippen LogP) is 5.20. The largest absolute Gasteiger partial charge is 0.413 e. The van der Waals surface area contributed by atoms with Crippen LogP contribution >= 0.6 is 11.3 Å². The molecule has 2 aliphatic heterocycles. The summed E-state index contributed by atoms with van der Waals surface area (Å²) in [6.45, 7) is 11.0. The second-order valence-corrected chi connectivity index (χ2v) is 12.1. The number of likely N-dealkylation sites (tertiary alicyclic amines) is 1. The number of hydrogen-bond donors (Lipinski definition) is 2. The van der Waals surface area contributed by atoms with Gasteiger partial charge in [0, 0.05) is 34.5 Å². The summed E-state index contributed by atoms with van der Waals surface area (Å²) >= 11 is 0.761. The van der Waals surface area contributed by atoms with Crippen LogP contribution in [0.4, 0.5) is 13.2 Å². The maximum Gasteiger partial charge on any atom is 0.413 e. The third kappa shape index (κ3) is 7.03. The van der Waals surface area contributed by atoms with Crippen LogP contribution in [0.1, 0.15) is 98.3 Å². The van der Waals surface area contributed by atoms with Gasteiger partial charge in [-0.25, -0.2) is 4.98 Å². The van der Waals surface area contributed by atoms with Gasteiger partial charge in [-0.2, -0.15) is 18.1 Å². The number of carbonyl (C=O) groups is 2. The van der Waals surface area contributed by atoms with Crippen molar-refractivity contribution in [3.63, 3.8) is 0 Å². The lowest BCUT2D eigenvalue weighted by Crippen LogP contribution is -2.47. The van der Waals surface area contributed by atoms with E-state index in [-0.39, 0.29) is 40.5 Å². The summed E-state index contributed by atoms with van der Waals surface area (Å²) in [7, 11) is 0. The van der Waals surface area contributed by atoms with Crippen LogP contribution < -0.4 is 10.6 Å². The Labute approximate surface area is 230 Å². The molecule has 2 aliphatic rings. The van der Waals surface area contributed by atoms with Crippen molar-refractivity contribution in [3.8, 4) is 0 Å². The number of dihydropyridines is 1. The van der Waals surface area contributed by atoms with Gasteiger partial charge < -0.3 is 15.5 Å². The number of thiazole rings is 1. The monoisotopic (exact) mass is 570 g/mol. The molecule has 0 radical (unpaired) electrons. The van der Waals surface area contributed by atoms with Gasteiger partial charge in [0.1, 0.15) is 18.1 Å². The molecule has 0 aromatic carbocycles. The van der Waals surface area contributed by atoms with Crippen LogP contribution in [0.15, 0.2) is 21.8 Å². The van der Waals surface area contributed by atoms with Gasteiger partial charge in [0.25, 0.3) is 11.8 Å². The molecule has 0 bridgehead atoms. The van der Waals surface area contributed by atoms with Crippen molar-refractivity contribution in [2.24, 2.45) is 10.2 Å². The summed E-state index contributed by atoms with van der Waals surface area (Å²) in [6, 6.07) is -0.0968. The van der Waals surface area contributed by atoms with Gasteiger partial charge in [0.15, 0.2) is 5.01 Å². The Hall–Kier alpha value is -2.83. The highest BCUT2D eigenvalue weighted by molar-refractivity contribution is 7.14. The van der Waals surface area contributed by atoms with E-state index in [0.29, 0.717) is 19.4 Å². The maximum atomic E-state index is 14.4. The molecule has 2 amide bonds. The molecule has 1 aromatic rings. The lowest BCUT2D eigenvalue weighted by molar-refractivity contribution is -0.0956. The first-order valence-corrected chi connectivity index (χ1v) is 14.0. The van der Waals surface area contributed by atoms with Crippen molar-refractivity contribution in [2.75, 3.05) is 19.6 Å². The van der Waals surface area contributed by atoms with Crippen LogP contribution in [0.3, 0.4) is 0 Å². The number of amidine groups is 1. The first kappa shape index (κ1) is 30.7. The van der Waals surface area contributed by atoms with Crippen LogP contribution in [0.25, 0.3) is 0 Å². The van der Waals surface area contributed by atoms with E-state index >= 15 is 0 Å². The minimum Gasteiger partial charge on any atom is -0.366 e. The highest BCUT2D eigenvalue weighted by atomic mass is 32.1. The predicted molar refractivity (Wildman–Crippen MR) is 145 cm³/mol. The van der Waals surface area contributed by atoms with Gasteiger partial charge in [-0.3, -0.25) is 14.6 Å². The van der Waals surface area contributed by atoms with Gasteiger partial charge in [0.05, 0.1) is 12.1 Å². The first-order valence-electron chi connectivity index (χ1n) is 13.2. The molecule has 0 spiro atoms. The number of aromatic nitrogens is 1. The third-order valence-corrected chi connectivity index (χ3v) is 8.75. The Bertz CT molecular complexity index is 1160. The number of carbonyl (C=O) groups excluding carboxylic acids is 2. The lowest BCUT2D eigenvalue weighted by atomic mass is 9.92. The Morgan fingerprint density at radius 3 is 2.44 bits per heavy atom. The molecule has 0 saturated carbocycles. The van der Waals surface area contributed by atoms with E-state index in [0.717, 1.165) is 30.3 Å². The van der Waals surface area contributed by atoms with Gasteiger partial charge in [-0.05, 0) is 59.5 Å². The normalized spacial score (nSPS) is 21.6. The minimum atomic E-state index is -4.70. The quantitative estimate of drug-likeness (QED) is 0.396. The molecule has 216 valence electrons. The number of rotatable bonds is 9. The van der Waals surface area contributed by atoms with Crippen LogP contribution in [-0.4, -0.2) is 70.5 Å². The molecule has 0 aliphatic carbocycles. The van der Waals surface area contributed by atoms with E-state index < -0.39 is 40.6 Å². The van der Waals surface area contributed by atoms with E-state index in [2.05, 4.69) is 25.8 Å². The van der Waals surface area contributed by atoms with Crippen LogP contribution in [0, 0.1) is 4.91 Å². The van der Waals surface area contributed by atoms with Crippen molar-refractivity contribution >= 4 is 29.0 Å². The highest BCUT2D eigenvalue weighted by Crippen LogP contribution is 2.43. The molecular formula is C26H37F3N6O3S. The number of nitroso groups, excluding NO2 is 1. The first-order chi connectivity index (χ1) is 18.1. The minimum absolute atomic E-state index is 0.0529. The van der Waals surface area contributed by atoms with Crippen LogP contribution in [0.2, 0.25) is 0 Å². The third-order valence-electron chi connectivity index (χ3n) is 7.58. The van der Waals surface area contributed by atoms with Crippen LogP contribution in [-0.2, 0) is 0 Å². The SMILES string of the molecule is CCC(C)(C)NC1=NCC(c2sc(C(=O)NC(C)(CC)CN=O)nc2C(=O)N2CCC[C@@H]2C)C(C(F)(F)F)=C1. The number of aliphatic imine (C=N–C) groups is 1. The topological polar surface area (TPSA) is 116 Å². The molecule has 1 aromatic heterocycles. The van der Waals surface area contributed by atoms with Crippen molar-refractivity contribution in [1.82, 2.24) is 20.5 Å². The van der Waals surface area contributed by atoms with E-state index in [4.69, 9.17) is 0 Å². The van der Waals surface area contributed by atoms with Gasteiger partial charge in [0.2, 0.25) is 0 Å². The van der Waals surface area contributed by atoms with Crippen molar-refractivity contribution in [3.05, 3.63) is 32.1 Å². The molecule has 1 fully saturated rings. The zero-order valence-electron chi connectivity index (χ0n) is 23.2. The van der Waals surface area contributed by atoms with Gasteiger partial charge >= 0.3 is 6.18 Å². The molecule has 3 heterocycles. The Kier molecular flexibility index (Phi) is 9.24. The van der Waals surface area contributed by atoms with Crippen molar-refractivity contribution in [2.45, 2.75) is 96.4 Å². The van der Waals surface area contributed by atoms with Crippen LogP contribution in [0.5, 0.6) is 0 Å². The van der Waals surface area contributed by atoms with Gasteiger partial charge in [-0.1, -0.05) is 19.0 Å². The van der Waals surface area contributed by atoms with E-state index in [1.807, 2.05) is 27.7 Å². The second-order valence-electron chi connectivity index (χ2n) is 11.1. The zero-order valence-corrected chi connectivity index (χ0v) is 24.1. The average molecular weight is 571 g/mol. The molecular weight excluding hydrogens is 533 g/mol. The van der Waals surface area contributed by atoms with E-state index in [1.165, 1.54) is 0 Å². The molecule has 1 saturated heterocycles. The Morgan fingerprint density at radius 2 is 1.90 bits per heavy atom.